The summed E-state index contributed by atoms with van der Waals surface area (Å²) < 4.78 is 5.70. The molecule has 156 valence electrons. The monoisotopic (exact) mass is 423 g/mol. The number of hydrogen-bond acceptors (Lipinski definition) is 5. The number of unbranched alkanes of at least 4 members (excludes halogenated alkanes) is 1. The van der Waals surface area contributed by atoms with E-state index in [-0.39, 0.29) is 11.8 Å². The largest absolute Gasteiger partial charge is 0.494 e. The zero-order valence-corrected chi connectivity index (χ0v) is 17.9. The first kappa shape index (κ1) is 21.5. The summed E-state index contributed by atoms with van der Waals surface area (Å²) >= 11 is 1.39. The second-order valence-corrected chi connectivity index (χ2v) is 7.82. The first-order chi connectivity index (χ1) is 14.5. The first-order valence-corrected chi connectivity index (χ1v) is 10.7. The van der Waals surface area contributed by atoms with Crippen LogP contribution in [0.25, 0.3) is 11.3 Å². The van der Waals surface area contributed by atoms with Gasteiger partial charge in [-0.25, -0.2) is 4.98 Å². The number of anilines is 2. The summed E-state index contributed by atoms with van der Waals surface area (Å²) in [7, 11) is 0. The van der Waals surface area contributed by atoms with Gasteiger partial charge in [-0.3, -0.25) is 9.59 Å². The number of ether oxygens (including phenoxy) is 1. The van der Waals surface area contributed by atoms with Crippen LogP contribution in [0.4, 0.5) is 10.8 Å². The smallest absolute Gasteiger partial charge is 0.226 e. The lowest BCUT2D eigenvalue weighted by atomic mass is 10.1. The van der Waals surface area contributed by atoms with Gasteiger partial charge in [0, 0.05) is 30.0 Å². The van der Waals surface area contributed by atoms with E-state index in [1.807, 2.05) is 60.8 Å². The van der Waals surface area contributed by atoms with E-state index in [2.05, 4.69) is 15.6 Å². The van der Waals surface area contributed by atoms with Gasteiger partial charge in [0.1, 0.15) is 5.75 Å². The third-order valence-electron chi connectivity index (χ3n) is 4.31. The number of carbonyl (C=O) groups excluding carboxylic acids is 2. The number of carbonyl (C=O) groups is 2. The fourth-order valence-electron chi connectivity index (χ4n) is 2.86. The molecule has 2 amide bonds. The lowest BCUT2D eigenvalue weighted by molar-refractivity contribution is -0.116. The van der Waals surface area contributed by atoms with Crippen LogP contribution in [0.1, 0.15) is 31.7 Å². The summed E-state index contributed by atoms with van der Waals surface area (Å²) in [4.78, 5) is 27.7. The fraction of sp³-hybridized carbons (Fsp3) is 0.261. The molecule has 6 nitrogen and oxygen atoms in total. The average molecular weight is 424 g/mol. The molecule has 30 heavy (non-hydrogen) atoms. The highest BCUT2D eigenvalue weighted by Crippen LogP contribution is 2.26. The van der Waals surface area contributed by atoms with Crippen molar-refractivity contribution >= 4 is 34.0 Å². The van der Waals surface area contributed by atoms with E-state index in [0.717, 1.165) is 35.5 Å². The Kier molecular flexibility index (Phi) is 7.57. The van der Waals surface area contributed by atoms with Gasteiger partial charge < -0.3 is 15.4 Å². The van der Waals surface area contributed by atoms with Gasteiger partial charge in [0.25, 0.3) is 0 Å². The zero-order valence-electron chi connectivity index (χ0n) is 17.1. The number of amides is 2. The topological polar surface area (TPSA) is 80.3 Å². The van der Waals surface area contributed by atoms with Crippen LogP contribution in [0.15, 0.2) is 53.9 Å². The molecule has 0 radical (unpaired) electrons. The van der Waals surface area contributed by atoms with E-state index in [1.165, 1.54) is 23.8 Å². The van der Waals surface area contributed by atoms with Crippen molar-refractivity contribution in [3.8, 4) is 17.0 Å². The third kappa shape index (κ3) is 6.70. The van der Waals surface area contributed by atoms with Gasteiger partial charge in [-0.05, 0) is 49.6 Å². The Balaban J connectivity index is 1.40. The van der Waals surface area contributed by atoms with Crippen LogP contribution in [0.2, 0.25) is 0 Å². The minimum Gasteiger partial charge on any atom is -0.494 e. The van der Waals surface area contributed by atoms with Gasteiger partial charge in [-0.15, -0.1) is 11.3 Å². The Morgan fingerprint density at radius 2 is 1.87 bits per heavy atom. The summed E-state index contributed by atoms with van der Waals surface area (Å²) in [6.07, 6.45) is 1.99. The van der Waals surface area contributed by atoms with Crippen molar-refractivity contribution in [3.05, 3.63) is 59.5 Å². The normalized spacial score (nSPS) is 10.5. The van der Waals surface area contributed by atoms with Crippen LogP contribution in [-0.2, 0) is 9.59 Å². The van der Waals surface area contributed by atoms with Crippen LogP contribution in [0, 0.1) is 6.92 Å². The minimum absolute atomic E-state index is 0.0486. The van der Waals surface area contributed by atoms with Gasteiger partial charge in [0.2, 0.25) is 11.8 Å². The lowest BCUT2D eigenvalue weighted by Gasteiger charge is -2.06. The Bertz CT molecular complexity index is 999. The number of thiazole rings is 1. The molecule has 1 heterocycles. The van der Waals surface area contributed by atoms with Crippen molar-refractivity contribution in [1.82, 2.24) is 4.98 Å². The molecule has 0 atom stereocenters. The molecule has 0 saturated heterocycles. The Morgan fingerprint density at radius 3 is 2.60 bits per heavy atom. The number of aryl methyl sites for hydroxylation is 1. The Hall–Kier alpha value is -3.19. The molecule has 2 aromatic carbocycles. The van der Waals surface area contributed by atoms with Crippen molar-refractivity contribution in [2.24, 2.45) is 0 Å². The predicted molar refractivity (Wildman–Crippen MR) is 121 cm³/mol. The average Bonchev–Trinajstić information content (AvgIpc) is 3.16. The molecule has 0 aliphatic carbocycles. The standard InChI is InChI=1S/C23H25N3O3S/c1-16-6-5-7-20(14-16)29-13-4-3-8-22(28)26-23-25-21(15-30-23)18-9-11-19(12-10-18)24-17(2)27/h5-7,9-12,14-15H,3-4,8,13H2,1-2H3,(H,24,27)(H,25,26,28). The maximum atomic E-state index is 12.2. The molecule has 3 aromatic rings. The molecule has 1 aromatic heterocycles. The van der Waals surface area contributed by atoms with E-state index < -0.39 is 0 Å². The van der Waals surface area contributed by atoms with Crippen LogP contribution in [-0.4, -0.2) is 23.4 Å². The highest BCUT2D eigenvalue weighted by atomic mass is 32.1. The van der Waals surface area contributed by atoms with Crippen molar-refractivity contribution in [2.45, 2.75) is 33.1 Å². The lowest BCUT2D eigenvalue weighted by Crippen LogP contribution is -2.11. The molecule has 0 spiro atoms. The number of nitrogens with one attached hydrogen (secondary N) is 2. The molecule has 2 N–H and O–H groups in total. The van der Waals surface area contributed by atoms with Gasteiger partial charge in [0.05, 0.1) is 12.3 Å². The maximum Gasteiger partial charge on any atom is 0.226 e. The molecular formula is C23H25N3O3S. The molecule has 7 heteroatoms. The molecule has 3 rings (SSSR count). The molecular weight excluding hydrogens is 398 g/mol. The van der Waals surface area contributed by atoms with Gasteiger partial charge in [0.15, 0.2) is 5.13 Å². The number of aromatic nitrogens is 1. The quantitative estimate of drug-likeness (QED) is 0.460. The van der Waals surface area contributed by atoms with Crippen molar-refractivity contribution in [3.63, 3.8) is 0 Å². The summed E-state index contributed by atoms with van der Waals surface area (Å²) in [5.74, 6) is 0.704. The molecule has 0 bridgehead atoms. The number of hydrogen-bond donors (Lipinski definition) is 2. The summed E-state index contributed by atoms with van der Waals surface area (Å²) in [5.41, 5.74) is 3.62. The molecule has 0 unspecified atom stereocenters. The SMILES string of the molecule is CC(=O)Nc1ccc(-c2csc(NC(=O)CCCCOc3cccc(C)c3)n2)cc1. The minimum atomic E-state index is -0.108. The van der Waals surface area contributed by atoms with E-state index in [4.69, 9.17) is 4.74 Å². The second-order valence-electron chi connectivity index (χ2n) is 6.97. The predicted octanol–water partition coefficient (Wildman–Crippen LogP) is 5.26. The van der Waals surface area contributed by atoms with Gasteiger partial charge in [-0.2, -0.15) is 0 Å². The highest BCUT2D eigenvalue weighted by molar-refractivity contribution is 7.14. The van der Waals surface area contributed by atoms with E-state index in [0.29, 0.717) is 18.2 Å². The van der Waals surface area contributed by atoms with Crippen molar-refractivity contribution in [1.29, 1.82) is 0 Å². The van der Waals surface area contributed by atoms with Crippen molar-refractivity contribution in [2.75, 3.05) is 17.2 Å². The Labute approximate surface area is 180 Å². The second kappa shape index (κ2) is 10.5. The zero-order chi connectivity index (χ0) is 21.3. The Morgan fingerprint density at radius 1 is 1.07 bits per heavy atom. The first-order valence-electron chi connectivity index (χ1n) is 9.82. The molecule has 0 aliphatic rings. The van der Waals surface area contributed by atoms with Crippen LogP contribution < -0.4 is 15.4 Å². The summed E-state index contributed by atoms with van der Waals surface area (Å²) in [6.45, 7) is 4.09. The molecule has 0 fully saturated rings. The number of benzene rings is 2. The van der Waals surface area contributed by atoms with E-state index in [1.54, 1.807) is 0 Å². The fourth-order valence-corrected chi connectivity index (χ4v) is 3.59. The van der Waals surface area contributed by atoms with E-state index in [9.17, 15) is 9.59 Å². The maximum absolute atomic E-state index is 12.2. The molecule has 0 aliphatic heterocycles. The summed E-state index contributed by atoms with van der Waals surface area (Å²) in [6, 6.07) is 15.4. The van der Waals surface area contributed by atoms with E-state index >= 15 is 0 Å². The molecule has 0 saturated carbocycles. The third-order valence-corrected chi connectivity index (χ3v) is 5.07. The van der Waals surface area contributed by atoms with Crippen molar-refractivity contribution < 1.29 is 14.3 Å². The number of rotatable bonds is 9. The van der Waals surface area contributed by atoms with Gasteiger partial charge in [-0.1, -0.05) is 24.3 Å². The summed E-state index contributed by atoms with van der Waals surface area (Å²) in [5, 5.41) is 8.07. The number of nitrogens with zero attached hydrogens (tertiary/aromatic N) is 1. The van der Waals surface area contributed by atoms with Crippen LogP contribution >= 0.6 is 11.3 Å². The van der Waals surface area contributed by atoms with Gasteiger partial charge >= 0.3 is 0 Å². The van der Waals surface area contributed by atoms with Crippen LogP contribution in [0.3, 0.4) is 0 Å². The highest BCUT2D eigenvalue weighted by Gasteiger charge is 2.08. The van der Waals surface area contributed by atoms with Crippen LogP contribution in [0.5, 0.6) is 5.75 Å².